The van der Waals surface area contributed by atoms with Gasteiger partial charge in [0.2, 0.25) is 11.8 Å². The summed E-state index contributed by atoms with van der Waals surface area (Å²) in [4.78, 5) is 39.4. The quantitative estimate of drug-likeness (QED) is 0.666. The highest BCUT2D eigenvalue weighted by atomic mass is 16.5. The van der Waals surface area contributed by atoms with Gasteiger partial charge in [0.25, 0.3) is 5.56 Å². The Kier molecular flexibility index (Phi) is 6.79. The van der Waals surface area contributed by atoms with Crippen LogP contribution in [0.25, 0.3) is 0 Å². The molecule has 2 aromatic heterocycles. The molecule has 9 nitrogen and oxygen atoms in total. The van der Waals surface area contributed by atoms with Crippen LogP contribution in [-0.2, 0) is 11.3 Å². The molecule has 3 rings (SSSR count). The van der Waals surface area contributed by atoms with Gasteiger partial charge in [-0.25, -0.2) is 9.97 Å². The zero-order valence-corrected chi connectivity index (χ0v) is 17.2. The minimum Gasteiger partial charge on any atom is -0.476 e. The fourth-order valence-electron chi connectivity index (χ4n) is 3.14. The van der Waals surface area contributed by atoms with Crippen molar-refractivity contribution in [3.63, 3.8) is 0 Å². The molecule has 2 aromatic rings. The van der Waals surface area contributed by atoms with E-state index < -0.39 is 0 Å². The number of carbonyl (C=O) groups excluding carboxylic acids is 1. The number of nitrogens with zero attached hydrogens (tertiary/aromatic N) is 5. The van der Waals surface area contributed by atoms with Crippen molar-refractivity contribution < 1.29 is 9.53 Å². The molecule has 0 atom stereocenters. The predicted molar refractivity (Wildman–Crippen MR) is 109 cm³/mol. The van der Waals surface area contributed by atoms with E-state index in [9.17, 15) is 9.59 Å². The zero-order valence-electron chi connectivity index (χ0n) is 17.2. The molecular weight excluding hydrogens is 372 g/mol. The topological polar surface area (TPSA) is 102 Å². The molecule has 29 heavy (non-hydrogen) atoms. The molecule has 1 N–H and O–H groups in total. The van der Waals surface area contributed by atoms with Crippen molar-refractivity contribution in [1.29, 1.82) is 0 Å². The summed E-state index contributed by atoms with van der Waals surface area (Å²) >= 11 is 0. The Hall–Kier alpha value is -2.97. The maximum atomic E-state index is 12.1. The number of hydrogen-bond donors (Lipinski definition) is 1. The summed E-state index contributed by atoms with van der Waals surface area (Å²) in [7, 11) is 0. The van der Waals surface area contributed by atoms with Crippen LogP contribution in [0.15, 0.2) is 23.3 Å². The molecule has 0 saturated carbocycles. The van der Waals surface area contributed by atoms with Crippen LogP contribution in [-0.4, -0.2) is 51.7 Å². The second kappa shape index (κ2) is 9.49. The van der Waals surface area contributed by atoms with E-state index in [0.717, 1.165) is 18.9 Å². The van der Waals surface area contributed by atoms with E-state index in [1.165, 1.54) is 29.8 Å². The lowest BCUT2D eigenvalue weighted by molar-refractivity contribution is -0.121. The smallest absolute Gasteiger partial charge is 0.254 e. The lowest BCUT2D eigenvalue weighted by Gasteiger charge is -2.17. The molecule has 0 bridgehead atoms. The molecule has 3 heterocycles. The number of amides is 1. The van der Waals surface area contributed by atoms with Crippen LogP contribution >= 0.6 is 0 Å². The second-order valence-electron chi connectivity index (χ2n) is 7.44. The van der Waals surface area contributed by atoms with E-state index in [1.807, 2.05) is 26.8 Å². The first-order chi connectivity index (χ1) is 13.9. The summed E-state index contributed by atoms with van der Waals surface area (Å²) in [5, 5.41) is 2.75. The van der Waals surface area contributed by atoms with Gasteiger partial charge in [0.05, 0.1) is 18.6 Å². The number of anilines is 1. The van der Waals surface area contributed by atoms with Crippen LogP contribution in [0, 0.1) is 6.92 Å². The molecule has 156 valence electrons. The average molecular weight is 400 g/mol. The summed E-state index contributed by atoms with van der Waals surface area (Å²) in [6.07, 6.45) is 3.76. The van der Waals surface area contributed by atoms with Crippen molar-refractivity contribution in [1.82, 2.24) is 24.8 Å². The molecule has 1 aliphatic rings. The number of aromatic nitrogens is 4. The van der Waals surface area contributed by atoms with E-state index >= 15 is 0 Å². The fraction of sp³-hybridized carbons (Fsp3) is 0.550. The lowest BCUT2D eigenvalue weighted by atomic mass is 10.1. The minimum atomic E-state index is -0.272. The molecule has 0 unspecified atom stereocenters. The standard InChI is InChI=1S/C20H28N6O3/c1-14(2)16-10-20(28)26(13-22-16)12-18(27)21-6-9-29-19-11-17(23-15(3)24-19)25-7-4-5-8-25/h10-11,13-14H,4-9,12H2,1-3H3,(H,21,27). The van der Waals surface area contributed by atoms with Crippen LogP contribution in [0.2, 0.25) is 0 Å². The Morgan fingerprint density at radius 1 is 1.24 bits per heavy atom. The number of carbonyl (C=O) groups is 1. The normalized spacial score (nSPS) is 13.7. The molecule has 1 saturated heterocycles. The Morgan fingerprint density at radius 3 is 2.69 bits per heavy atom. The first kappa shape index (κ1) is 20.8. The first-order valence-corrected chi connectivity index (χ1v) is 9.99. The summed E-state index contributed by atoms with van der Waals surface area (Å²) in [5.41, 5.74) is 0.481. The Balaban J connectivity index is 1.47. The van der Waals surface area contributed by atoms with Gasteiger partial charge in [-0.2, -0.15) is 4.98 Å². The van der Waals surface area contributed by atoms with Gasteiger partial charge in [-0.15, -0.1) is 0 Å². The van der Waals surface area contributed by atoms with Crippen molar-refractivity contribution in [3.8, 4) is 5.88 Å². The summed E-state index contributed by atoms with van der Waals surface area (Å²) < 4.78 is 6.97. The van der Waals surface area contributed by atoms with Crippen molar-refractivity contribution in [3.05, 3.63) is 40.3 Å². The fourth-order valence-corrected chi connectivity index (χ4v) is 3.14. The Bertz CT molecular complexity index is 905. The zero-order chi connectivity index (χ0) is 20.8. The molecule has 9 heteroatoms. The number of hydrogen-bond acceptors (Lipinski definition) is 7. The predicted octanol–water partition coefficient (Wildman–Crippen LogP) is 1.26. The van der Waals surface area contributed by atoms with Crippen LogP contribution < -0.4 is 20.5 Å². The van der Waals surface area contributed by atoms with Gasteiger partial charge in [-0.1, -0.05) is 13.8 Å². The third-order valence-electron chi connectivity index (χ3n) is 4.71. The molecule has 0 aliphatic carbocycles. The van der Waals surface area contributed by atoms with E-state index in [1.54, 1.807) is 0 Å². The molecule has 0 aromatic carbocycles. The monoisotopic (exact) mass is 400 g/mol. The van der Waals surface area contributed by atoms with Gasteiger partial charge in [0, 0.05) is 25.2 Å². The number of ether oxygens (including phenoxy) is 1. The average Bonchev–Trinajstić information content (AvgIpc) is 3.21. The van der Waals surface area contributed by atoms with Crippen LogP contribution in [0.5, 0.6) is 5.88 Å². The van der Waals surface area contributed by atoms with Crippen molar-refractivity contribution in [2.45, 2.75) is 46.1 Å². The van der Waals surface area contributed by atoms with Gasteiger partial charge < -0.3 is 15.0 Å². The van der Waals surface area contributed by atoms with E-state index in [0.29, 0.717) is 23.9 Å². The summed E-state index contributed by atoms with van der Waals surface area (Å²) in [6.45, 7) is 8.28. The summed E-state index contributed by atoms with van der Waals surface area (Å²) in [6, 6.07) is 3.30. The van der Waals surface area contributed by atoms with Gasteiger partial charge in [0.1, 0.15) is 24.8 Å². The van der Waals surface area contributed by atoms with Gasteiger partial charge >= 0.3 is 0 Å². The molecule has 1 fully saturated rings. The van der Waals surface area contributed by atoms with Crippen molar-refractivity contribution >= 4 is 11.7 Å². The Labute approximate surface area is 170 Å². The highest BCUT2D eigenvalue weighted by molar-refractivity contribution is 5.75. The highest BCUT2D eigenvalue weighted by Crippen LogP contribution is 2.21. The van der Waals surface area contributed by atoms with Crippen LogP contribution in [0.1, 0.15) is 44.1 Å². The molecule has 1 aliphatic heterocycles. The van der Waals surface area contributed by atoms with Gasteiger partial charge in [-0.05, 0) is 25.7 Å². The molecule has 1 amide bonds. The number of aryl methyl sites for hydroxylation is 1. The van der Waals surface area contributed by atoms with E-state index in [2.05, 4.69) is 25.2 Å². The molecule has 0 spiro atoms. The number of nitrogens with one attached hydrogen (secondary N) is 1. The maximum Gasteiger partial charge on any atom is 0.254 e. The van der Waals surface area contributed by atoms with E-state index in [-0.39, 0.29) is 30.5 Å². The van der Waals surface area contributed by atoms with Gasteiger partial charge in [-0.3, -0.25) is 14.2 Å². The summed E-state index contributed by atoms with van der Waals surface area (Å²) in [5.74, 6) is 1.93. The third-order valence-corrected chi connectivity index (χ3v) is 4.71. The maximum absolute atomic E-state index is 12.1. The molecule has 0 radical (unpaired) electrons. The third kappa shape index (κ3) is 5.75. The SMILES string of the molecule is Cc1nc(OCCNC(=O)Cn2cnc(C(C)C)cc2=O)cc(N2CCCC2)n1. The van der Waals surface area contributed by atoms with Crippen LogP contribution in [0.4, 0.5) is 5.82 Å². The van der Waals surface area contributed by atoms with Crippen molar-refractivity contribution in [2.24, 2.45) is 0 Å². The van der Waals surface area contributed by atoms with E-state index in [4.69, 9.17) is 4.74 Å². The largest absolute Gasteiger partial charge is 0.476 e. The second-order valence-corrected chi connectivity index (χ2v) is 7.44. The molecular formula is C20H28N6O3. The minimum absolute atomic E-state index is 0.0735. The highest BCUT2D eigenvalue weighted by Gasteiger charge is 2.15. The van der Waals surface area contributed by atoms with Crippen LogP contribution in [0.3, 0.4) is 0 Å². The first-order valence-electron chi connectivity index (χ1n) is 9.99. The van der Waals surface area contributed by atoms with Crippen molar-refractivity contribution in [2.75, 3.05) is 31.1 Å². The Morgan fingerprint density at radius 2 is 2.00 bits per heavy atom. The lowest BCUT2D eigenvalue weighted by Crippen LogP contribution is -2.34. The number of rotatable bonds is 8. The van der Waals surface area contributed by atoms with Gasteiger partial charge in [0.15, 0.2) is 0 Å².